The summed E-state index contributed by atoms with van der Waals surface area (Å²) < 4.78 is 40.7. The van der Waals surface area contributed by atoms with Gasteiger partial charge in [-0.25, -0.2) is 9.78 Å². The number of aromatic nitrogens is 1. The van der Waals surface area contributed by atoms with Crippen molar-refractivity contribution in [1.82, 2.24) is 10.3 Å². The molecule has 0 aliphatic carbocycles. The fourth-order valence-electron chi connectivity index (χ4n) is 4.01. The SMILES string of the molecule is CC1(C)CN(C(=O)NCc2ccc(C#N)cc2)c2ccc(-c3ccc(O)cc3C(F)(F)F)nc21. The number of fused-ring (bicyclic) bond motifs is 1. The van der Waals surface area contributed by atoms with E-state index in [4.69, 9.17) is 5.26 Å². The summed E-state index contributed by atoms with van der Waals surface area (Å²) >= 11 is 0. The normalized spacial score (nSPS) is 14.4. The minimum Gasteiger partial charge on any atom is -0.508 e. The van der Waals surface area contributed by atoms with Crippen molar-refractivity contribution in [2.75, 3.05) is 11.4 Å². The van der Waals surface area contributed by atoms with E-state index in [0.717, 1.165) is 5.56 Å². The Morgan fingerprint density at radius 2 is 1.88 bits per heavy atom. The first-order chi connectivity index (χ1) is 16.0. The van der Waals surface area contributed by atoms with Gasteiger partial charge in [0.25, 0.3) is 0 Å². The van der Waals surface area contributed by atoms with Gasteiger partial charge >= 0.3 is 12.2 Å². The third-order valence-corrected chi connectivity index (χ3v) is 5.72. The molecule has 2 amide bonds. The fourth-order valence-corrected chi connectivity index (χ4v) is 4.01. The van der Waals surface area contributed by atoms with Gasteiger partial charge in [0.05, 0.1) is 34.3 Å². The molecule has 0 saturated carbocycles. The highest BCUT2D eigenvalue weighted by atomic mass is 19.4. The maximum atomic E-state index is 13.6. The summed E-state index contributed by atoms with van der Waals surface area (Å²) in [7, 11) is 0. The molecule has 1 aliphatic rings. The molecule has 4 rings (SSSR count). The van der Waals surface area contributed by atoms with Gasteiger partial charge in [-0.2, -0.15) is 18.4 Å². The number of amides is 2. The first kappa shape index (κ1) is 23.1. The highest BCUT2D eigenvalue weighted by Gasteiger charge is 2.40. The Bertz CT molecular complexity index is 1290. The lowest BCUT2D eigenvalue weighted by atomic mass is 9.90. The van der Waals surface area contributed by atoms with Gasteiger partial charge in [-0.15, -0.1) is 0 Å². The van der Waals surface area contributed by atoms with E-state index in [9.17, 15) is 23.1 Å². The fraction of sp³-hybridized carbons (Fsp3) is 0.240. The van der Waals surface area contributed by atoms with Crippen LogP contribution in [0.25, 0.3) is 11.3 Å². The molecule has 1 aliphatic heterocycles. The van der Waals surface area contributed by atoms with Crippen LogP contribution in [0, 0.1) is 11.3 Å². The number of carbonyl (C=O) groups is 1. The molecule has 174 valence electrons. The van der Waals surface area contributed by atoms with Crippen molar-refractivity contribution in [3.63, 3.8) is 0 Å². The van der Waals surface area contributed by atoms with Crippen molar-refractivity contribution >= 4 is 11.7 Å². The number of urea groups is 1. The zero-order chi connectivity index (χ0) is 24.7. The molecule has 6 nitrogen and oxygen atoms in total. The molecular weight excluding hydrogens is 445 g/mol. The van der Waals surface area contributed by atoms with Crippen LogP contribution in [0.3, 0.4) is 0 Å². The summed E-state index contributed by atoms with van der Waals surface area (Å²) in [6.45, 7) is 4.31. The van der Waals surface area contributed by atoms with E-state index in [0.29, 0.717) is 29.6 Å². The number of alkyl halides is 3. The molecule has 3 aromatic rings. The summed E-state index contributed by atoms with van der Waals surface area (Å²) in [6.07, 6.45) is -4.67. The van der Waals surface area contributed by atoms with Crippen LogP contribution in [-0.2, 0) is 18.1 Å². The largest absolute Gasteiger partial charge is 0.508 e. The van der Waals surface area contributed by atoms with Gasteiger partial charge < -0.3 is 10.4 Å². The second-order valence-electron chi connectivity index (χ2n) is 8.73. The summed E-state index contributed by atoms with van der Waals surface area (Å²) in [5.41, 5.74) is 0.783. The Labute approximate surface area is 194 Å². The Morgan fingerprint density at radius 3 is 2.53 bits per heavy atom. The van der Waals surface area contributed by atoms with Crippen molar-refractivity contribution in [2.24, 2.45) is 0 Å². The van der Waals surface area contributed by atoms with Crippen LogP contribution in [-0.4, -0.2) is 22.7 Å². The van der Waals surface area contributed by atoms with Gasteiger partial charge in [0.1, 0.15) is 5.75 Å². The second-order valence-corrected chi connectivity index (χ2v) is 8.73. The van der Waals surface area contributed by atoms with Crippen LogP contribution in [0.15, 0.2) is 54.6 Å². The lowest BCUT2D eigenvalue weighted by molar-refractivity contribution is -0.137. The second kappa shape index (κ2) is 8.37. The predicted octanol–water partition coefficient (Wildman–Crippen LogP) is 5.35. The molecule has 1 aromatic heterocycles. The number of benzene rings is 2. The Kier molecular flexibility index (Phi) is 5.69. The van der Waals surface area contributed by atoms with Crippen molar-refractivity contribution in [2.45, 2.75) is 32.0 Å². The zero-order valence-electron chi connectivity index (χ0n) is 18.4. The number of aromatic hydroxyl groups is 1. The number of anilines is 1. The first-order valence-electron chi connectivity index (χ1n) is 10.5. The van der Waals surface area contributed by atoms with Gasteiger partial charge in [-0.3, -0.25) is 4.90 Å². The number of phenols is 1. The standard InChI is InChI=1S/C25H21F3N4O2/c1-24(2)14-32(23(34)30-13-16-5-3-15(12-29)4-6-16)21-10-9-20(31-22(21)24)18-8-7-17(33)11-19(18)25(26,27)28/h3-11,33H,13-14H2,1-2H3,(H,30,34). The molecule has 0 bridgehead atoms. The molecule has 9 heteroatoms. The molecule has 2 heterocycles. The lowest BCUT2D eigenvalue weighted by Gasteiger charge is -2.20. The number of rotatable bonds is 3. The van der Waals surface area contributed by atoms with Crippen molar-refractivity contribution in [3.05, 3.63) is 77.0 Å². The molecule has 0 radical (unpaired) electrons. The Balaban J connectivity index is 1.62. The number of hydrogen-bond donors (Lipinski definition) is 2. The maximum Gasteiger partial charge on any atom is 0.417 e. The topological polar surface area (TPSA) is 89.2 Å². The van der Waals surface area contributed by atoms with Gasteiger partial charge in [0.2, 0.25) is 0 Å². The van der Waals surface area contributed by atoms with Crippen molar-refractivity contribution in [1.29, 1.82) is 5.26 Å². The maximum absolute atomic E-state index is 13.6. The van der Waals surface area contributed by atoms with Gasteiger partial charge in [-0.1, -0.05) is 26.0 Å². The molecule has 34 heavy (non-hydrogen) atoms. The highest BCUT2D eigenvalue weighted by Crippen LogP contribution is 2.43. The summed E-state index contributed by atoms with van der Waals surface area (Å²) in [5.74, 6) is -0.484. The van der Waals surface area contributed by atoms with E-state index in [1.165, 1.54) is 23.1 Å². The van der Waals surface area contributed by atoms with Crippen LogP contribution in [0.4, 0.5) is 23.7 Å². The molecule has 0 fully saturated rings. The van der Waals surface area contributed by atoms with Crippen LogP contribution in [0.1, 0.15) is 36.2 Å². The van der Waals surface area contributed by atoms with E-state index in [-0.39, 0.29) is 23.8 Å². The molecule has 2 N–H and O–H groups in total. The smallest absolute Gasteiger partial charge is 0.417 e. The minimum atomic E-state index is -4.67. The number of nitrogens with one attached hydrogen (secondary N) is 1. The van der Waals surface area contributed by atoms with E-state index < -0.39 is 22.9 Å². The van der Waals surface area contributed by atoms with Gasteiger partial charge in [-0.05, 0) is 48.0 Å². The number of carbonyl (C=O) groups excluding carboxylic acids is 1. The molecule has 0 atom stereocenters. The molecule has 2 aromatic carbocycles. The Morgan fingerprint density at radius 1 is 1.18 bits per heavy atom. The quantitative estimate of drug-likeness (QED) is 0.545. The van der Waals surface area contributed by atoms with E-state index in [1.807, 2.05) is 19.9 Å². The summed E-state index contributed by atoms with van der Waals surface area (Å²) in [6, 6.07) is 14.6. The number of nitriles is 1. The number of nitrogens with zero attached hydrogens (tertiary/aromatic N) is 3. The molecule has 0 saturated heterocycles. The predicted molar refractivity (Wildman–Crippen MR) is 120 cm³/mol. The summed E-state index contributed by atoms with van der Waals surface area (Å²) in [4.78, 5) is 19.0. The molecule has 0 spiro atoms. The van der Waals surface area contributed by atoms with Crippen molar-refractivity contribution < 1.29 is 23.1 Å². The van der Waals surface area contributed by atoms with Gasteiger partial charge in [0.15, 0.2) is 0 Å². The van der Waals surface area contributed by atoms with Crippen LogP contribution >= 0.6 is 0 Å². The Hall–Kier alpha value is -4.06. The third-order valence-electron chi connectivity index (χ3n) is 5.72. The van der Waals surface area contributed by atoms with E-state index in [2.05, 4.69) is 10.3 Å². The van der Waals surface area contributed by atoms with Crippen LogP contribution in [0.5, 0.6) is 5.75 Å². The number of pyridine rings is 1. The first-order valence-corrected chi connectivity index (χ1v) is 10.5. The summed E-state index contributed by atoms with van der Waals surface area (Å²) in [5, 5.41) is 21.3. The van der Waals surface area contributed by atoms with E-state index >= 15 is 0 Å². The van der Waals surface area contributed by atoms with Gasteiger partial charge in [0, 0.05) is 24.1 Å². The minimum absolute atomic E-state index is 0.110. The zero-order valence-corrected chi connectivity index (χ0v) is 18.4. The van der Waals surface area contributed by atoms with Crippen molar-refractivity contribution in [3.8, 4) is 23.1 Å². The number of halogens is 3. The number of phenolic OH excluding ortho intramolecular Hbond substituents is 1. The molecular formula is C25H21F3N4O2. The van der Waals surface area contributed by atoms with E-state index in [1.54, 1.807) is 30.3 Å². The average molecular weight is 466 g/mol. The highest BCUT2D eigenvalue weighted by molar-refractivity contribution is 5.95. The monoisotopic (exact) mass is 466 g/mol. The van der Waals surface area contributed by atoms with Crippen LogP contribution in [0.2, 0.25) is 0 Å². The number of hydrogen-bond acceptors (Lipinski definition) is 4. The van der Waals surface area contributed by atoms with Crippen LogP contribution < -0.4 is 10.2 Å². The lowest BCUT2D eigenvalue weighted by Crippen LogP contribution is -2.41. The average Bonchev–Trinajstić information content (AvgIpc) is 3.07. The third kappa shape index (κ3) is 4.39. The molecule has 0 unspecified atom stereocenters.